The zero-order valence-corrected chi connectivity index (χ0v) is 7.32. The van der Waals surface area contributed by atoms with E-state index in [1.807, 2.05) is 0 Å². The first-order valence-corrected chi connectivity index (χ1v) is 4.18. The summed E-state index contributed by atoms with van der Waals surface area (Å²) in [6, 6.07) is 5.17. The van der Waals surface area contributed by atoms with Crippen molar-refractivity contribution in [1.29, 1.82) is 0 Å². The molecule has 0 bridgehead atoms. The van der Waals surface area contributed by atoms with E-state index in [4.69, 9.17) is 5.73 Å². The molecule has 0 aliphatic carbocycles. The van der Waals surface area contributed by atoms with Crippen LogP contribution in [0.1, 0.15) is 17.9 Å². The molecule has 0 saturated heterocycles. The second kappa shape index (κ2) is 3.34. The molecule has 2 aromatic rings. The summed E-state index contributed by atoms with van der Waals surface area (Å²) < 4.78 is 26.4. The number of hydrogen-bond donors (Lipinski definition) is 1. The Morgan fingerprint density at radius 3 is 2.86 bits per heavy atom. The van der Waals surface area contributed by atoms with Crippen LogP contribution in [0.25, 0.3) is 5.52 Å². The summed E-state index contributed by atoms with van der Waals surface area (Å²) >= 11 is 0. The fraction of sp³-hybridized carbons (Fsp3) is 0.222. The van der Waals surface area contributed by atoms with Crippen LogP contribution in [-0.2, 0) is 6.54 Å². The lowest BCUT2D eigenvalue weighted by Gasteiger charge is -1.97. The van der Waals surface area contributed by atoms with Crippen molar-refractivity contribution >= 4 is 5.52 Å². The molecule has 5 heteroatoms. The molecule has 2 rings (SSSR count). The van der Waals surface area contributed by atoms with Gasteiger partial charge in [-0.2, -0.15) is 0 Å². The van der Waals surface area contributed by atoms with Crippen LogP contribution >= 0.6 is 0 Å². The average molecular weight is 197 g/mol. The van der Waals surface area contributed by atoms with Crippen molar-refractivity contribution in [2.75, 3.05) is 0 Å². The summed E-state index contributed by atoms with van der Waals surface area (Å²) in [5, 5.41) is 0. The normalized spacial score (nSPS) is 11.4. The molecule has 0 aliphatic rings. The highest BCUT2D eigenvalue weighted by molar-refractivity contribution is 5.53. The third-order valence-electron chi connectivity index (χ3n) is 2.04. The van der Waals surface area contributed by atoms with Crippen LogP contribution in [0.2, 0.25) is 0 Å². The number of imidazole rings is 1. The van der Waals surface area contributed by atoms with Crippen molar-refractivity contribution in [3.63, 3.8) is 0 Å². The number of halogens is 2. The SMILES string of the molecule is NCc1nc(C(F)F)n2ccccc12. The van der Waals surface area contributed by atoms with Crippen LogP contribution in [0.3, 0.4) is 0 Å². The molecular weight excluding hydrogens is 188 g/mol. The first-order valence-electron chi connectivity index (χ1n) is 4.18. The van der Waals surface area contributed by atoms with Crippen molar-refractivity contribution in [2.24, 2.45) is 5.73 Å². The molecule has 0 saturated carbocycles. The topological polar surface area (TPSA) is 43.3 Å². The maximum atomic E-state index is 12.5. The standard InChI is InChI=1S/C9H9F2N3/c10-8(11)9-13-6(5-12)7-3-1-2-4-14(7)9/h1-4,8H,5,12H2. The summed E-state index contributed by atoms with van der Waals surface area (Å²) in [5.74, 6) is -0.249. The summed E-state index contributed by atoms with van der Waals surface area (Å²) in [6.07, 6.45) is -1.02. The Labute approximate surface area is 79.2 Å². The smallest absolute Gasteiger partial charge is 0.295 e. The van der Waals surface area contributed by atoms with Gasteiger partial charge in [-0.3, -0.25) is 4.40 Å². The van der Waals surface area contributed by atoms with Gasteiger partial charge in [-0.05, 0) is 12.1 Å². The second-order valence-corrected chi connectivity index (χ2v) is 2.88. The van der Waals surface area contributed by atoms with Gasteiger partial charge in [-0.15, -0.1) is 0 Å². The van der Waals surface area contributed by atoms with Gasteiger partial charge in [0.15, 0.2) is 5.82 Å². The maximum Gasteiger partial charge on any atom is 0.295 e. The molecule has 2 aromatic heterocycles. The lowest BCUT2D eigenvalue weighted by molar-refractivity contribution is 0.139. The Morgan fingerprint density at radius 1 is 1.43 bits per heavy atom. The Balaban J connectivity index is 2.73. The number of fused-ring (bicyclic) bond motifs is 1. The van der Waals surface area contributed by atoms with E-state index in [0.717, 1.165) is 0 Å². The van der Waals surface area contributed by atoms with Gasteiger partial charge in [0.05, 0.1) is 11.2 Å². The lowest BCUT2D eigenvalue weighted by atomic mass is 10.3. The monoisotopic (exact) mass is 197 g/mol. The van der Waals surface area contributed by atoms with Crippen LogP contribution < -0.4 is 5.73 Å². The quantitative estimate of drug-likeness (QED) is 0.796. The average Bonchev–Trinajstić information content (AvgIpc) is 2.56. The number of hydrogen-bond acceptors (Lipinski definition) is 2. The van der Waals surface area contributed by atoms with Gasteiger partial charge in [0, 0.05) is 12.7 Å². The largest absolute Gasteiger partial charge is 0.325 e. The van der Waals surface area contributed by atoms with Gasteiger partial charge in [0.2, 0.25) is 0 Å². The molecule has 0 amide bonds. The summed E-state index contributed by atoms with van der Waals surface area (Å²) in [6.45, 7) is 0.167. The molecule has 2 heterocycles. The van der Waals surface area contributed by atoms with E-state index in [0.29, 0.717) is 11.2 Å². The molecule has 0 atom stereocenters. The van der Waals surface area contributed by atoms with E-state index >= 15 is 0 Å². The molecule has 0 fully saturated rings. The molecule has 0 aliphatic heterocycles. The number of nitrogens with two attached hydrogens (primary N) is 1. The Hall–Kier alpha value is -1.49. The number of pyridine rings is 1. The predicted octanol–water partition coefficient (Wildman–Crippen LogP) is 1.73. The molecule has 0 unspecified atom stereocenters. The summed E-state index contributed by atoms with van der Waals surface area (Å²) in [4.78, 5) is 3.80. The van der Waals surface area contributed by atoms with Gasteiger partial charge in [-0.25, -0.2) is 13.8 Å². The minimum Gasteiger partial charge on any atom is -0.325 e. The van der Waals surface area contributed by atoms with Crippen molar-refractivity contribution in [1.82, 2.24) is 9.38 Å². The molecule has 3 nitrogen and oxygen atoms in total. The van der Waals surface area contributed by atoms with Crippen LogP contribution in [0.5, 0.6) is 0 Å². The third kappa shape index (κ3) is 1.26. The van der Waals surface area contributed by atoms with Gasteiger partial charge in [0.1, 0.15) is 0 Å². The van der Waals surface area contributed by atoms with E-state index in [-0.39, 0.29) is 12.4 Å². The first kappa shape index (κ1) is 9.08. The number of aromatic nitrogens is 2. The van der Waals surface area contributed by atoms with Crippen molar-refractivity contribution in [3.8, 4) is 0 Å². The van der Waals surface area contributed by atoms with Gasteiger partial charge in [0.25, 0.3) is 6.43 Å². The molecule has 14 heavy (non-hydrogen) atoms. The minimum absolute atomic E-state index is 0.167. The lowest BCUT2D eigenvalue weighted by Crippen LogP contribution is -1.97. The van der Waals surface area contributed by atoms with Crippen molar-refractivity contribution < 1.29 is 8.78 Å². The molecule has 0 radical (unpaired) electrons. The van der Waals surface area contributed by atoms with Crippen LogP contribution in [0.4, 0.5) is 8.78 Å². The van der Waals surface area contributed by atoms with E-state index in [9.17, 15) is 8.78 Å². The Morgan fingerprint density at radius 2 is 2.21 bits per heavy atom. The van der Waals surface area contributed by atoms with Gasteiger partial charge < -0.3 is 5.73 Å². The van der Waals surface area contributed by atoms with Crippen molar-refractivity contribution in [2.45, 2.75) is 13.0 Å². The maximum absolute atomic E-state index is 12.5. The zero-order chi connectivity index (χ0) is 10.1. The van der Waals surface area contributed by atoms with Gasteiger partial charge in [-0.1, -0.05) is 6.07 Å². The number of alkyl halides is 2. The molecule has 0 spiro atoms. The molecule has 2 N–H and O–H groups in total. The number of rotatable bonds is 2. The molecular formula is C9H9F2N3. The van der Waals surface area contributed by atoms with Crippen LogP contribution in [0.15, 0.2) is 24.4 Å². The highest BCUT2D eigenvalue weighted by atomic mass is 19.3. The fourth-order valence-electron chi connectivity index (χ4n) is 1.43. The van der Waals surface area contributed by atoms with Crippen LogP contribution in [-0.4, -0.2) is 9.38 Å². The first-order chi connectivity index (χ1) is 6.74. The Kier molecular flexibility index (Phi) is 2.17. The van der Waals surface area contributed by atoms with E-state index < -0.39 is 6.43 Å². The number of nitrogens with zero attached hydrogens (tertiary/aromatic N) is 2. The zero-order valence-electron chi connectivity index (χ0n) is 7.32. The minimum atomic E-state index is -2.58. The van der Waals surface area contributed by atoms with E-state index in [2.05, 4.69) is 4.98 Å². The van der Waals surface area contributed by atoms with Gasteiger partial charge >= 0.3 is 0 Å². The summed E-state index contributed by atoms with van der Waals surface area (Å²) in [5.41, 5.74) is 6.55. The summed E-state index contributed by atoms with van der Waals surface area (Å²) in [7, 11) is 0. The third-order valence-corrected chi connectivity index (χ3v) is 2.04. The van der Waals surface area contributed by atoms with E-state index in [1.54, 1.807) is 24.4 Å². The van der Waals surface area contributed by atoms with Crippen LogP contribution in [0, 0.1) is 0 Å². The predicted molar refractivity (Wildman–Crippen MR) is 48.0 cm³/mol. The van der Waals surface area contributed by atoms with E-state index in [1.165, 1.54) is 4.40 Å². The molecule has 0 aromatic carbocycles. The second-order valence-electron chi connectivity index (χ2n) is 2.88. The Bertz CT molecular complexity index is 450. The van der Waals surface area contributed by atoms with Crippen molar-refractivity contribution in [3.05, 3.63) is 35.9 Å². The fourth-order valence-corrected chi connectivity index (χ4v) is 1.43. The highest BCUT2D eigenvalue weighted by Crippen LogP contribution is 2.21. The molecule has 74 valence electrons. The highest BCUT2D eigenvalue weighted by Gasteiger charge is 2.16.